The van der Waals surface area contributed by atoms with E-state index >= 15 is 0 Å². The van der Waals surface area contributed by atoms with Gasteiger partial charge in [0.2, 0.25) is 0 Å². The van der Waals surface area contributed by atoms with Crippen LogP contribution in [-0.4, -0.2) is 6.54 Å². The van der Waals surface area contributed by atoms with Gasteiger partial charge in [0.25, 0.3) is 0 Å². The Bertz CT molecular complexity index is 749. The van der Waals surface area contributed by atoms with Crippen molar-refractivity contribution in [1.82, 2.24) is 0 Å². The first kappa shape index (κ1) is 17.4. The lowest BCUT2D eigenvalue weighted by Gasteiger charge is -2.15. The number of hydrogen-bond donors (Lipinski definition) is 1. The van der Waals surface area contributed by atoms with Gasteiger partial charge in [0.15, 0.2) is 0 Å². The largest absolute Gasteiger partial charge is 0.489 e. The smallest absolute Gasteiger partial charge is 0.416 e. The molecule has 2 aromatic rings. The number of rotatable bonds is 3. The highest BCUT2D eigenvalue weighted by molar-refractivity contribution is 5.57. The van der Waals surface area contributed by atoms with E-state index in [1.165, 1.54) is 0 Å². The molecule has 0 radical (unpaired) electrons. The van der Waals surface area contributed by atoms with E-state index in [0.717, 1.165) is 24.2 Å². The van der Waals surface area contributed by atoms with Gasteiger partial charge in [-0.2, -0.15) is 26.3 Å². The zero-order valence-corrected chi connectivity index (χ0v) is 12.8. The van der Waals surface area contributed by atoms with Crippen molar-refractivity contribution in [3.05, 3.63) is 58.7 Å². The van der Waals surface area contributed by atoms with E-state index < -0.39 is 23.5 Å². The van der Waals surface area contributed by atoms with Crippen LogP contribution < -0.4 is 10.1 Å². The number of halogens is 6. The van der Waals surface area contributed by atoms with Crippen molar-refractivity contribution in [2.75, 3.05) is 11.9 Å². The maximum Gasteiger partial charge on any atom is 0.416 e. The molecule has 0 atom stereocenters. The van der Waals surface area contributed by atoms with Gasteiger partial charge in [-0.05, 0) is 53.9 Å². The van der Waals surface area contributed by atoms with Gasteiger partial charge in [0.1, 0.15) is 12.4 Å². The van der Waals surface area contributed by atoms with E-state index in [-0.39, 0.29) is 18.2 Å². The zero-order chi connectivity index (χ0) is 18.2. The van der Waals surface area contributed by atoms with Gasteiger partial charge in [0.05, 0.1) is 11.1 Å². The summed E-state index contributed by atoms with van der Waals surface area (Å²) in [7, 11) is 0. The van der Waals surface area contributed by atoms with Crippen molar-refractivity contribution in [1.29, 1.82) is 0 Å². The third-order valence-corrected chi connectivity index (χ3v) is 3.84. The number of ether oxygens (including phenoxy) is 1. The molecule has 25 heavy (non-hydrogen) atoms. The fraction of sp³-hybridized carbons (Fsp3) is 0.294. The van der Waals surface area contributed by atoms with Crippen molar-refractivity contribution in [2.45, 2.75) is 25.4 Å². The molecule has 0 unspecified atom stereocenters. The number of fused-ring (bicyclic) bond motifs is 1. The molecule has 0 saturated carbocycles. The predicted molar refractivity (Wildman–Crippen MR) is 79.4 cm³/mol. The minimum atomic E-state index is -4.87. The fourth-order valence-corrected chi connectivity index (χ4v) is 2.64. The first-order chi connectivity index (χ1) is 11.6. The van der Waals surface area contributed by atoms with Crippen LogP contribution in [0.1, 0.15) is 22.3 Å². The minimum Gasteiger partial charge on any atom is -0.489 e. The Morgan fingerprint density at radius 2 is 1.52 bits per heavy atom. The lowest BCUT2D eigenvalue weighted by atomic mass is 10.1. The van der Waals surface area contributed by atoms with Crippen LogP contribution in [-0.2, 0) is 25.4 Å². The van der Waals surface area contributed by atoms with Gasteiger partial charge in [-0.1, -0.05) is 0 Å². The van der Waals surface area contributed by atoms with Crippen LogP contribution in [0.3, 0.4) is 0 Å². The third-order valence-electron chi connectivity index (χ3n) is 3.84. The summed E-state index contributed by atoms with van der Waals surface area (Å²) in [6.45, 7) is 0.389. The molecule has 2 nitrogen and oxygen atoms in total. The highest BCUT2D eigenvalue weighted by Gasteiger charge is 2.36. The highest BCUT2D eigenvalue weighted by atomic mass is 19.4. The van der Waals surface area contributed by atoms with Gasteiger partial charge in [-0.25, -0.2) is 0 Å². The molecule has 0 fully saturated rings. The standard InChI is InChI=1S/C17H13F6NO/c18-16(19,20)12-5-10(6-13(8-12)17(21,22)23)9-25-14-1-2-15-11(7-14)3-4-24-15/h1-2,5-8,24H,3-4,9H2. The van der Waals surface area contributed by atoms with Crippen LogP contribution in [0.5, 0.6) is 5.75 Å². The molecule has 0 aliphatic carbocycles. The number of hydrogen-bond acceptors (Lipinski definition) is 2. The molecule has 2 aromatic carbocycles. The number of benzene rings is 2. The van der Waals surface area contributed by atoms with Crippen molar-refractivity contribution in [2.24, 2.45) is 0 Å². The molecule has 8 heteroatoms. The molecular formula is C17H13F6NO. The van der Waals surface area contributed by atoms with Gasteiger partial charge >= 0.3 is 12.4 Å². The third kappa shape index (κ3) is 4.00. The molecule has 1 N–H and O–H groups in total. The Balaban J connectivity index is 1.84. The second-order valence-corrected chi connectivity index (χ2v) is 5.70. The second kappa shape index (κ2) is 6.16. The predicted octanol–water partition coefficient (Wildman–Crippen LogP) is 5.27. The van der Waals surface area contributed by atoms with Crippen molar-refractivity contribution in [3.8, 4) is 5.75 Å². The van der Waals surface area contributed by atoms with Gasteiger partial charge < -0.3 is 10.1 Å². The van der Waals surface area contributed by atoms with Crippen LogP contribution in [0.15, 0.2) is 36.4 Å². The highest BCUT2D eigenvalue weighted by Crippen LogP contribution is 2.36. The molecule has 0 amide bonds. The van der Waals surface area contributed by atoms with Crippen LogP contribution in [0, 0.1) is 0 Å². The maximum atomic E-state index is 12.8. The Hall–Kier alpha value is -2.38. The van der Waals surface area contributed by atoms with Crippen molar-refractivity contribution in [3.63, 3.8) is 0 Å². The van der Waals surface area contributed by atoms with E-state index in [2.05, 4.69) is 5.32 Å². The quantitative estimate of drug-likeness (QED) is 0.752. The summed E-state index contributed by atoms with van der Waals surface area (Å²) in [4.78, 5) is 0. The van der Waals surface area contributed by atoms with Crippen LogP contribution in [0.2, 0.25) is 0 Å². The topological polar surface area (TPSA) is 21.3 Å². The summed E-state index contributed by atoms with van der Waals surface area (Å²) in [5, 5.41) is 3.14. The molecule has 0 aromatic heterocycles. The Labute approximate surface area is 139 Å². The molecule has 1 aliphatic heterocycles. The Kier molecular flexibility index (Phi) is 4.30. The number of anilines is 1. The SMILES string of the molecule is FC(F)(F)c1cc(COc2ccc3c(c2)CCN3)cc(C(F)(F)F)c1. The average molecular weight is 361 g/mol. The van der Waals surface area contributed by atoms with Gasteiger partial charge in [0, 0.05) is 12.2 Å². The van der Waals surface area contributed by atoms with E-state index in [0.29, 0.717) is 17.9 Å². The molecule has 0 bridgehead atoms. The molecule has 3 rings (SSSR count). The minimum absolute atomic E-state index is 0.102. The van der Waals surface area contributed by atoms with E-state index in [1.807, 2.05) is 0 Å². The van der Waals surface area contributed by atoms with Gasteiger partial charge in [-0.3, -0.25) is 0 Å². The monoisotopic (exact) mass is 361 g/mol. The summed E-state index contributed by atoms with van der Waals surface area (Å²) in [5.41, 5.74) is -0.942. The summed E-state index contributed by atoms with van der Waals surface area (Å²) in [5.74, 6) is 0.397. The molecule has 0 spiro atoms. The van der Waals surface area contributed by atoms with Crippen molar-refractivity contribution < 1.29 is 31.1 Å². The molecule has 0 saturated heterocycles. The number of nitrogens with one attached hydrogen (secondary N) is 1. The van der Waals surface area contributed by atoms with Crippen LogP contribution in [0.4, 0.5) is 32.0 Å². The van der Waals surface area contributed by atoms with E-state index in [1.54, 1.807) is 18.2 Å². The number of alkyl halides is 6. The Morgan fingerprint density at radius 3 is 2.12 bits per heavy atom. The Morgan fingerprint density at radius 1 is 0.880 bits per heavy atom. The molecular weight excluding hydrogens is 348 g/mol. The van der Waals surface area contributed by atoms with Crippen LogP contribution >= 0.6 is 0 Å². The lowest BCUT2D eigenvalue weighted by Crippen LogP contribution is -2.12. The maximum absolute atomic E-state index is 12.8. The van der Waals surface area contributed by atoms with Gasteiger partial charge in [-0.15, -0.1) is 0 Å². The molecule has 1 aliphatic rings. The zero-order valence-electron chi connectivity index (χ0n) is 12.8. The first-order valence-electron chi connectivity index (χ1n) is 7.41. The van der Waals surface area contributed by atoms with E-state index in [9.17, 15) is 26.3 Å². The van der Waals surface area contributed by atoms with Crippen molar-refractivity contribution >= 4 is 5.69 Å². The summed E-state index contributed by atoms with van der Waals surface area (Å²) < 4.78 is 82.4. The first-order valence-corrected chi connectivity index (χ1v) is 7.41. The van der Waals surface area contributed by atoms with Crippen LogP contribution in [0.25, 0.3) is 0 Å². The second-order valence-electron chi connectivity index (χ2n) is 5.70. The lowest BCUT2D eigenvalue weighted by molar-refractivity contribution is -0.143. The van der Waals surface area contributed by atoms with E-state index in [4.69, 9.17) is 4.74 Å². The average Bonchev–Trinajstić information content (AvgIpc) is 2.98. The summed E-state index contributed by atoms with van der Waals surface area (Å²) in [6, 6.07) is 6.56. The normalized spacial score (nSPS) is 14.2. The summed E-state index contributed by atoms with van der Waals surface area (Å²) >= 11 is 0. The molecule has 1 heterocycles. The molecule has 134 valence electrons. The summed E-state index contributed by atoms with van der Waals surface area (Å²) in [6.07, 6.45) is -8.95. The fourth-order valence-electron chi connectivity index (χ4n) is 2.64.